The molecule has 0 spiro atoms. The van der Waals surface area contributed by atoms with E-state index in [0.29, 0.717) is 4.88 Å². The summed E-state index contributed by atoms with van der Waals surface area (Å²) < 4.78 is 15.0. The summed E-state index contributed by atoms with van der Waals surface area (Å²) in [6, 6.07) is 13.6. The Kier molecular flexibility index (Phi) is 4.26. The van der Waals surface area contributed by atoms with E-state index in [9.17, 15) is 9.18 Å². The lowest BCUT2D eigenvalue weighted by molar-refractivity contribution is 0.0944. The number of thiophene rings is 1. The second-order valence-corrected chi connectivity index (χ2v) is 6.97. The molecule has 0 bridgehead atoms. The van der Waals surface area contributed by atoms with Gasteiger partial charge in [-0.1, -0.05) is 12.1 Å². The monoisotopic (exact) mass is 365 g/mol. The third kappa shape index (κ3) is 2.99. The third-order valence-corrected chi connectivity index (χ3v) is 5.33. The van der Waals surface area contributed by atoms with Gasteiger partial charge in [-0.15, -0.1) is 11.3 Å². The highest BCUT2D eigenvalue weighted by Gasteiger charge is 2.21. The molecule has 4 nitrogen and oxygen atoms in total. The number of halogens is 1. The zero-order valence-electron chi connectivity index (χ0n) is 14.0. The zero-order chi connectivity index (χ0) is 18.1. The van der Waals surface area contributed by atoms with Crippen LogP contribution in [0, 0.1) is 5.82 Å². The van der Waals surface area contributed by atoms with Gasteiger partial charge in [-0.3, -0.25) is 4.79 Å². The highest BCUT2D eigenvalue weighted by atomic mass is 32.1. The summed E-state index contributed by atoms with van der Waals surface area (Å²) in [6.07, 6.45) is 5.55. The van der Waals surface area contributed by atoms with Crippen LogP contribution in [0.15, 0.2) is 67.1 Å². The lowest BCUT2D eigenvalue weighted by atomic mass is 10.1. The number of carbonyl (C=O) groups excluding carboxylic acids is 1. The second kappa shape index (κ2) is 6.72. The Morgan fingerprint density at radius 3 is 2.62 bits per heavy atom. The van der Waals surface area contributed by atoms with Crippen molar-refractivity contribution in [2.24, 2.45) is 0 Å². The molecule has 0 radical (unpaired) electrons. The summed E-state index contributed by atoms with van der Waals surface area (Å²) in [4.78, 5) is 18.8. The van der Waals surface area contributed by atoms with Crippen molar-refractivity contribution in [1.29, 1.82) is 0 Å². The normalized spacial score (nSPS) is 12.2. The second-order valence-electron chi connectivity index (χ2n) is 5.97. The summed E-state index contributed by atoms with van der Waals surface area (Å²) in [5.41, 5.74) is 1.67. The molecule has 130 valence electrons. The van der Waals surface area contributed by atoms with E-state index in [4.69, 9.17) is 0 Å². The van der Waals surface area contributed by atoms with Gasteiger partial charge in [0, 0.05) is 24.0 Å². The number of nitrogens with one attached hydrogen (secondary N) is 1. The van der Waals surface area contributed by atoms with Crippen molar-refractivity contribution in [2.45, 2.75) is 13.0 Å². The molecular formula is C20H16FN3OS. The molecule has 4 aromatic rings. The summed E-state index contributed by atoms with van der Waals surface area (Å²) in [5, 5.41) is 3.94. The number of aromatic nitrogens is 2. The fourth-order valence-electron chi connectivity index (χ4n) is 2.91. The fourth-order valence-corrected chi connectivity index (χ4v) is 3.96. The molecule has 0 fully saturated rings. The maximum atomic E-state index is 13.1. The van der Waals surface area contributed by atoms with Crippen LogP contribution in [0.25, 0.3) is 15.9 Å². The van der Waals surface area contributed by atoms with Crippen molar-refractivity contribution in [2.75, 3.05) is 0 Å². The van der Waals surface area contributed by atoms with Crippen molar-refractivity contribution in [1.82, 2.24) is 14.9 Å². The quantitative estimate of drug-likeness (QED) is 0.569. The Bertz CT molecular complexity index is 1050. The molecule has 3 aromatic heterocycles. The average molecular weight is 365 g/mol. The Hall–Kier alpha value is -2.99. The predicted octanol–water partition coefficient (Wildman–Crippen LogP) is 4.72. The van der Waals surface area contributed by atoms with Gasteiger partial charge < -0.3 is 9.88 Å². The molecule has 4 rings (SSSR count). The first-order valence-electron chi connectivity index (χ1n) is 8.20. The molecule has 1 aromatic carbocycles. The first kappa shape index (κ1) is 16.5. The van der Waals surface area contributed by atoms with E-state index in [0.717, 1.165) is 21.5 Å². The van der Waals surface area contributed by atoms with Gasteiger partial charge in [0.25, 0.3) is 5.91 Å². The first-order chi connectivity index (χ1) is 12.6. The third-order valence-electron chi connectivity index (χ3n) is 4.23. The Morgan fingerprint density at radius 2 is 1.88 bits per heavy atom. The van der Waals surface area contributed by atoms with Crippen LogP contribution in [-0.2, 0) is 0 Å². The molecule has 0 saturated carbocycles. The van der Waals surface area contributed by atoms with Crippen molar-refractivity contribution in [3.8, 4) is 5.69 Å². The van der Waals surface area contributed by atoms with Crippen LogP contribution in [-0.4, -0.2) is 15.5 Å². The largest absolute Gasteiger partial charge is 0.345 e. The lowest BCUT2D eigenvalue weighted by Crippen LogP contribution is -2.26. The van der Waals surface area contributed by atoms with Crippen LogP contribution < -0.4 is 5.32 Å². The molecular weight excluding hydrogens is 349 g/mol. The number of hydrogen-bond donors (Lipinski definition) is 1. The summed E-state index contributed by atoms with van der Waals surface area (Å²) in [7, 11) is 0. The minimum Gasteiger partial charge on any atom is -0.345 e. The number of rotatable bonds is 4. The molecule has 26 heavy (non-hydrogen) atoms. The molecule has 1 N–H and O–H groups in total. The van der Waals surface area contributed by atoms with Crippen molar-refractivity contribution >= 4 is 27.5 Å². The molecule has 0 aliphatic rings. The number of nitrogens with zero attached hydrogens (tertiary/aromatic N) is 2. The van der Waals surface area contributed by atoms with Gasteiger partial charge in [0.05, 0.1) is 11.7 Å². The van der Waals surface area contributed by atoms with E-state index < -0.39 is 0 Å². The summed E-state index contributed by atoms with van der Waals surface area (Å²) in [5.74, 6) is -0.466. The van der Waals surface area contributed by atoms with E-state index in [1.165, 1.54) is 23.5 Å². The number of pyridine rings is 1. The summed E-state index contributed by atoms with van der Waals surface area (Å²) >= 11 is 1.37. The molecule has 1 amide bonds. The fraction of sp³-hybridized carbons (Fsp3) is 0.100. The van der Waals surface area contributed by atoms with Gasteiger partial charge in [0.2, 0.25) is 0 Å². The van der Waals surface area contributed by atoms with Crippen molar-refractivity contribution in [3.63, 3.8) is 0 Å². The van der Waals surface area contributed by atoms with Gasteiger partial charge in [-0.05, 0) is 48.9 Å². The predicted molar refractivity (Wildman–Crippen MR) is 101 cm³/mol. The highest BCUT2D eigenvalue weighted by Crippen LogP contribution is 2.33. The van der Waals surface area contributed by atoms with Crippen LogP contribution in [0.3, 0.4) is 0 Å². The Morgan fingerprint density at radius 1 is 1.15 bits per heavy atom. The van der Waals surface area contributed by atoms with Gasteiger partial charge in [0.1, 0.15) is 15.5 Å². The standard InChI is InChI=1S/C20H16FN3OS/c1-13(14-6-8-15(21)9-7-14)23-19(25)18-17(24-11-2-3-12-24)16-5-4-10-22-20(16)26-18/h2-13H,1H3,(H,23,25)/t13-/m0/s1. The summed E-state index contributed by atoms with van der Waals surface area (Å²) in [6.45, 7) is 1.88. The topological polar surface area (TPSA) is 46.9 Å². The maximum Gasteiger partial charge on any atom is 0.264 e. The Labute approximate surface area is 153 Å². The first-order valence-corrected chi connectivity index (χ1v) is 9.02. The molecule has 0 aliphatic carbocycles. The zero-order valence-corrected chi connectivity index (χ0v) is 14.8. The van der Waals surface area contributed by atoms with Crippen LogP contribution in [0.1, 0.15) is 28.2 Å². The molecule has 0 aliphatic heterocycles. The van der Waals surface area contributed by atoms with E-state index in [2.05, 4.69) is 10.3 Å². The molecule has 1 atom stereocenters. The van der Waals surface area contributed by atoms with Gasteiger partial charge >= 0.3 is 0 Å². The number of hydrogen-bond acceptors (Lipinski definition) is 3. The SMILES string of the molecule is C[C@H](NC(=O)c1sc2ncccc2c1-n1cccc1)c1ccc(F)cc1. The van der Waals surface area contributed by atoms with E-state index in [-0.39, 0.29) is 17.8 Å². The van der Waals surface area contributed by atoms with Crippen LogP contribution in [0.2, 0.25) is 0 Å². The number of benzene rings is 1. The van der Waals surface area contributed by atoms with Crippen molar-refractivity contribution < 1.29 is 9.18 Å². The number of fused-ring (bicyclic) bond motifs is 1. The average Bonchev–Trinajstić information content (AvgIpc) is 3.29. The van der Waals surface area contributed by atoms with Gasteiger partial charge in [-0.2, -0.15) is 0 Å². The van der Waals surface area contributed by atoms with Gasteiger partial charge in [0.15, 0.2) is 0 Å². The maximum absolute atomic E-state index is 13.1. The van der Waals surface area contributed by atoms with Crippen LogP contribution in [0.4, 0.5) is 4.39 Å². The highest BCUT2D eigenvalue weighted by molar-refractivity contribution is 7.21. The van der Waals surface area contributed by atoms with E-state index >= 15 is 0 Å². The van der Waals surface area contributed by atoms with Gasteiger partial charge in [-0.25, -0.2) is 9.37 Å². The van der Waals surface area contributed by atoms with E-state index in [1.54, 1.807) is 18.3 Å². The van der Waals surface area contributed by atoms with Crippen LogP contribution >= 0.6 is 11.3 Å². The molecule has 0 saturated heterocycles. The lowest BCUT2D eigenvalue weighted by Gasteiger charge is -2.14. The minimum atomic E-state index is -0.294. The molecule has 3 heterocycles. The minimum absolute atomic E-state index is 0.173. The molecule has 0 unspecified atom stereocenters. The number of amides is 1. The van der Waals surface area contributed by atoms with Crippen LogP contribution in [0.5, 0.6) is 0 Å². The Balaban J connectivity index is 1.71. The van der Waals surface area contributed by atoms with E-state index in [1.807, 2.05) is 48.1 Å². The van der Waals surface area contributed by atoms with Crippen molar-refractivity contribution in [3.05, 3.63) is 83.4 Å². The smallest absolute Gasteiger partial charge is 0.264 e. The molecule has 6 heteroatoms. The number of carbonyl (C=O) groups is 1.